The van der Waals surface area contributed by atoms with Crippen LogP contribution in [0.3, 0.4) is 0 Å². The van der Waals surface area contributed by atoms with Gasteiger partial charge in [-0.2, -0.15) is 0 Å². The van der Waals surface area contributed by atoms with E-state index in [0.29, 0.717) is 12.0 Å². The first kappa shape index (κ1) is 13.9. The Morgan fingerprint density at radius 1 is 1.44 bits per heavy atom. The van der Waals surface area contributed by atoms with E-state index in [2.05, 4.69) is 37.7 Å². The lowest BCUT2D eigenvalue weighted by atomic mass is 10.0. The zero-order valence-electron chi connectivity index (χ0n) is 11.3. The Morgan fingerprint density at radius 2 is 2.12 bits per heavy atom. The van der Waals surface area contributed by atoms with Crippen molar-refractivity contribution in [2.24, 2.45) is 11.8 Å². The molecule has 0 spiro atoms. The summed E-state index contributed by atoms with van der Waals surface area (Å²) in [4.78, 5) is 4.74. The van der Waals surface area contributed by atoms with Crippen LogP contribution in [0.15, 0.2) is 0 Å². The average Bonchev–Trinajstić information content (AvgIpc) is 2.62. The highest BCUT2D eigenvalue weighted by molar-refractivity contribution is 4.76. The Balaban J connectivity index is 2.25. The molecule has 0 aromatic heterocycles. The van der Waals surface area contributed by atoms with Crippen LogP contribution in [-0.4, -0.2) is 61.3 Å². The van der Waals surface area contributed by atoms with Crippen molar-refractivity contribution in [3.8, 4) is 0 Å². The fraction of sp³-hybridized carbons (Fsp3) is 1.00. The van der Waals surface area contributed by atoms with Gasteiger partial charge in [-0.3, -0.25) is 0 Å². The smallest absolute Gasteiger partial charge is 0.0589 e. The second kappa shape index (κ2) is 6.58. The summed E-state index contributed by atoms with van der Waals surface area (Å²) in [6, 6.07) is 0.319. The molecule has 0 aromatic rings. The van der Waals surface area contributed by atoms with Crippen molar-refractivity contribution in [3.05, 3.63) is 0 Å². The maximum absolute atomic E-state index is 9.35. The Hall–Kier alpha value is -0.120. The largest absolute Gasteiger partial charge is 0.395 e. The molecule has 1 aliphatic rings. The van der Waals surface area contributed by atoms with Crippen LogP contribution in [-0.2, 0) is 0 Å². The van der Waals surface area contributed by atoms with E-state index in [-0.39, 0.29) is 6.61 Å². The molecule has 1 saturated heterocycles. The van der Waals surface area contributed by atoms with Crippen LogP contribution in [0, 0.1) is 11.8 Å². The second-order valence-electron chi connectivity index (χ2n) is 5.68. The number of rotatable bonds is 6. The average molecular weight is 228 g/mol. The van der Waals surface area contributed by atoms with Gasteiger partial charge >= 0.3 is 0 Å². The van der Waals surface area contributed by atoms with Gasteiger partial charge in [-0.05, 0) is 51.9 Å². The van der Waals surface area contributed by atoms with Gasteiger partial charge in [0.2, 0.25) is 0 Å². The topological polar surface area (TPSA) is 26.7 Å². The van der Waals surface area contributed by atoms with Crippen LogP contribution in [0.2, 0.25) is 0 Å². The lowest BCUT2D eigenvalue weighted by Crippen LogP contribution is -2.40. The first-order valence-electron chi connectivity index (χ1n) is 6.54. The van der Waals surface area contributed by atoms with Gasteiger partial charge in [0.1, 0.15) is 0 Å². The summed E-state index contributed by atoms with van der Waals surface area (Å²) in [6.45, 7) is 8.25. The van der Waals surface area contributed by atoms with Crippen molar-refractivity contribution in [2.45, 2.75) is 32.7 Å². The molecule has 0 bridgehead atoms. The highest BCUT2D eigenvalue weighted by atomic mass is 16.3. The first-order chi connectivity index (χ1) is 7.54. The number of hydrogen-bond donors (Lipinski definition) is 1. The van der Waals surface area contributed by atoms with E-state index < -0.39 is 0 Å². The molecule has 1 fully saturated rings. The van der Waals surface area contributed by atoms with Crippen LogP contribution in [0.5, 0.6) is 0 Å². The minimum absolute atomic E-state index is 0.277. The Kier molecular flexibility index (Phi) is 5.73. The summed E-state index contributed by atoms with van der Waals surface area (Å²) in [7, 11) is 4.34. The minimum atomic E-state index is 0.277. The van der Waals surface area contributed by atoms with Crippen LogP contribution < -0.4 is 0 Å². The lowest BCUT2D eigenvalue weighted by molar-refractivity contribution is 0.108. The van der Waals surface area contributed by atoms with E-state index >= 15 is 0 Å². The monoisotopic (exact) mass is 228 g/mol. The molecular formula is C13H28N2O. The number of aliphatic hydroxyl groups is 1. The molecule has 16 heavy (non-hydrogen) atoms. The fourth-order valence-electron chi connectivity index (χ4n) is 2.67. The van der Waals surface area contributed by atoms with Crippen LogP contribution in [0.1, 0.15) is 26.7 Å². The van der Waals surface area contributed by atoms with Crippen molar-refractivity contribution in [3.63, 3.8) is 0 Å². The molecular weight excluding hydrogens is 200 g/mol. The van der Waals surface area contributed by atoms with Crippen molar-refractivity contribution in [1.29, 1.82) is 0 Å². The zero-order valence-corrected chi connectivity index (χ0v) is 11.3. The van der Waals surface area contributed by atoms with E-state index in [1.807, 2.05) is 0 Å². The quantitative estimate of drug-likeness (QED) is 0.742. The molecule has 2 atom stereocenters. The minimum Gasteiger partial charge on any atom is -0.395 e. The number of likely N-dealkylation sites (N-methyl/N-ethyl adjacent to an activating group) is 1. The molecule has 2 unspecified atom stereocenters. The van der Waals surface area contributed by atoms with Crippen molar-refractivity contribution < 1.29 is 5.11 Å². The number of aliphatic hydroxyl groups excluding tert-OH is 1. The SMILES string of the molecule is CC(C)C(CO)N(C)CCC1CCN(C)C1. The molecule has 96 valence electrons. The molecule has 0 radical (unpaired) electrons. The standard InChI is InChI=1S/C13H28N2O/c1-11(2)13(10-16)15(4)8-6-12-5-7-14(3)9-12/h11-13,16H,5-10H2,1-4H3. The summed E-state index contributed by atoms with van der Waals surface area (Å²) in [5.41, 5.74) is 0. The molecule has 3 heteroatoms. The normalized spacial score (nSPS) is 24.6. The van der Waals surface area contributed by atoms with Crippen molar-refractivity contribution in [2.75, 3.05) is 40.3 Å². The van der Waals surface area contributed by atoms with Crippen LogP contribution in [0.25, 0.3) is 0 Å². The van der Waals surface area contributed by atoms with Gasteiger partial charge in [0.25, 0.3) is 0 Å². The van der Waals surface area contributed by atoms with Gasteiger partial charge in [0, 0.05) is 12.6 Å². The summed E-state index contributed by atoms with van der Waals surface area (Å²) < 4.78 is 0. The molecule has 1 rings (SSSR count). The van der Waals surface area contributed by atoms with Gasteiger partial charge < -0.3 is 14.9 Å². The predicted molar refractivity (Wildman–Crippen MR) is 68.6 cm³/mol. The van der Waals surface area contributed by atoms with E-state index in [9.17, 15) is 5.11 Å². The second-order valence-corrected chi connectivity index (χ2v) is 5.68. The molecule has 1 heterocycles. The van der Waals surface area contributed by atoms with E-state index in [1.54, 1.807) is 0 Å². The van der Waals surface area contributed by atoms with Crippen molar-refractivity contribution in [1.82, 2.24) is 9.80 Å². The number of nitrogens with zero attached hydrogens (tertiary/aromatic N) is 2. The molecule has 0 amide bonds. The third-order valence-corrected chi connectivity index (χ3v) is 3.90. The van der Waals surface area contributed by atoms with Gasteiger partial charge in [-0.15, -0.1) is 0 Å². The molecule has 1 N–H and O–H groups in total. The molecule has 1 aliphatic heterocycles. The zero-order chi connectivity index (χ0) is 12.1. The van der Waals surface area contributed by atoms with Gasteiger partial charge in [0.15, 0.2) is 0 Å². The maximum atomic E-state index is 9.35. The Bertz CT molecular complexity index is 196. The molecule has 0 aliphatic carbocycles. The van der Waals surface area contributed by atoms with E-state index in [1.165, 1.54) is 25.9 Å². The van der Waals surface area contributed by atoms with Gasteiger partial charge in [-0.1, -0.05) is 13.8 Å². The fourth-order valence-corrected chi connectivity index (χ4v) is 2.67. The summed E-state index contributed by atoms with van der Waals surface area (Å²) in [5.74, 6) is 1.39. The highest BCUT2D eigenvalue weighted by Gasteiger charge is 2.22. The highest BCUT2D eigenvalue weighted by Crippen LogP contribution is 2.19. The maximum Gasteiger partial charge on any atom is 0.0589 e. The third kappa shape index (κ3) is 4.04. The number of hydrogen-bond acceptors (Lipinski definition) is 3. The van der Waals surface area contributed by atoms with E-state index in [4.69, 9.17) is 0 Å². The van der Waals surface area contributed by atoms with Crippen LogP contribution >= 0.6 is 0 Å². The molecule has 0 aromatic carbocycles. The summed E-state index contributed by atoms with van der Waals surface area (Å²) >= 11 is 0. The summed E-state index contributed by atoms with van der Waals surface area (Å²) in [5, 5.41) is 9.35. The van der Waals surface area contributed by atoms with Crippen LogP contribution in [0.4, 0.5) is 0 Å². The Morgan fingerprint density at radius 3 is 2.56 bits per heavy atom. The number of likely N-dealkylation sites (tertiary alicyclic amines) is 1. The van der Waals surface area contributed by atoms with E-state index in [0.717, 1.165) is 12.5 Å². The van der Waals surface area contributed by atoms with Gasteiger partial charge in [-0.25, -0.2) is 0 Å². The molecule has 3 nitrogen and oxygen atoms in total. The Labute approximate surface area is 100 Å². The van der Waals surface area contributed by atoms with Crippen molar-refractivity contribution >= 4 is 0 Å². The lowest BCUT2D eigenvalue weighted by Gasteiger charge is -2.30. The van der Waals surface area contributed by atoms with Gasteiger partial charge in [0.05, 0.1) is 6.61 Å². The molecule has 0 saturated carbocycles. The third-order valence-electron chi connectivity index (χ3n) is 3.90. The predicted octanol–water partition coefficient (Wildman–Crippen LogP) is 1.28. The first-order valence-corrected chi connectivity index (χ1v) is 6.54. The summed E-state index contributed by atoms with van der Waals surface area (Å²) in [6.07, 6.45) is 2.61.